The highest BCUT2D eigenvalue weighted by Gasteiger charge is 2.16. The van der Waals surface area contributed by atoms with Crippen LogP contribution >= 0.6 is 0 Å². The van der Waals surface area contributed by atoms with E-state index in [4.69, 9.17) is 0 Å². The summed E-state index contributed by atoms with van der Waals surface area (Å²) >= 11 is 0. The van der Waals surface area contributed by atoms with Crippen LogP contribution in [0.3, 0.4) is 0 Å². The molecular weight excluding hydrogens is 232 g/mol. The predicted molar refractivity (Wildman–Crippen MR) is 81.6 cm³/mol. The lowest BCUT2D eigenvalue weighted by atomic mass is 9.82. The number of unbranched alkanes of at least 4 members (excludes halogenated alkanes) is 1. The van der Waals surface area contributed by atoms with Gasteiger partial charge in [0.25, 0.3) is 0 Å². The van der Waals surface area contributed by atoms with E-state index in [9.17, 15) is 0 Å². The predicted octanol–water partition coefficient (Wildman–Crippen LogP) is 4.35. The highest BCUT2D eigenvalue weighted by atomic mass is 28.2. The first-order valence-corrected chi connectivity index (χ1v) is 8.53. The third-order valence-electron chi connectivity index (χ3n) is 3.96. The molecule has 1 aromatic carbocycles. The van der Waals surface area contributed by atoms with Crippen LogP contribution in [0.5, 0.6) is 0 Å². The van der Waals surface area contributed by atoms with E-state index in [1.807, 2.05) is 0 Å². The Morgan fingerprint density at radius 2 is 1.94 bits per heavy atom. The van der Waals surface area contributed by atoms with Crippen LogP contribution in [0, 0.1) is 5.92 Å². The third-order valence-corrected chi connectivity index (χ3v) is 5.31. The van der Waals surface area contributed by atoms with Crippen molar-refractivity contribution in [3.63, 3.8) is 0 Å². The zero-order valence-electron chi connectivity index (χ0n) is 11.3. The number of allylic oxidation sites excluding steroid dienone is 1. The minimum atomic E-state index is 0.846. The molecule has 0 nitrogen and oxygen atoms in total. The van der Waals surface area contributed by atoms with E-state index in [2.05, 4.69) is 36.9 Å². The smallest absolute Gasteiger partial charge is 0.0807 e. The molecule has 0 heterocycles. The standard InChI is InChI=1S/C17H24Si/c1-15-9-5-6-10-16(15)11-7-8-14-18-17-12-3-2-4-13-17/h2-4,12-13,16H,1,5-11,14H2. The quantitative estimate of drug-likeness (QED) is 0.403. The van der Waals surface area contributed by atoms with E-state index in [1.54, 1.807) is 0 Å². The SMILES string of the molecule is C=C1CCCCC1CCCC[Si]c1ccccc1. The summed E-state index contributed by atoms with van der Waals surface area (Å²) in [7, 11) is 0.995. The van der Waals surface area contributed by atoms with Crippen LogP contribution in [-0.4, -0.2) is 9.52 Å². The summed E-state index contributed by atoms with van der Waals surface area (Å²) in [6, 6.07) is 12.3. The molecule has 2 radical (unpaired) electrons. The number of hydrogen-bond acceptors (Lipinski definition) is 0. The lowest BCUT2D eigenvalue weighted by molar-refractivity contribution is 0.418. The minimum absolute atomic E-state index is 0.846. The molecule has 0 aliphatic heterocycles. The summed E-state index contributed by atoms with van der Waals surface area (Å²) in [6.07, 6.45) is 9.66. The van der Waals surface area contributed by atoms with Crippen LogP contribution in [0.2, 0.25) is 6.04 Å². The van der Waals surface area contributed by atoms with Crippen LogP contribution in [0.4, 0.5) is 0 Å². The molecule has 0 N–H and O–H groups in total. The van der Waals surface area contributed by atoms with Crippen LogP contribution in [0.15, 0.2) is 42.5 Å². The topological polar surface area (TPSA) is 0 Å². The van der Waals surface area contributed by atoms with Gasteiger partial charge in [-0.15, -0.1) is 0 Å². The van der Waals surface area contributed by atoms with E-state index in [-0.39, 0.29) is 0 Å². The molecule has 1 fully saturated rings. The molecule has 1 unspecified atom stereocenters. The first-order chi connectivity index (χ1) is 8.86. The van der Waals surface area contributed by atoms with Crippen LogP contribution < -0.4 is 5.19 Å². The molecule has 0 bridgehead atoms. The molecule has 0 aromatic heterocycles. The van der Waals surface area contributed by atoms with Gasteiger partial charge in [-0.1, -0.05) is 73.0 Å². The second kappa shape index (κ2) is 7.58. The monoisotopic (exact) mass is 256 g/mol. The van der Waals surface area contributed by atoms with Gasteiger partial charge < -0.3 is 0 Å². The second-order valence-corrected chi connectivity index (χ2v) is 6.82. The summed E-state index contributed by atoms with van der Waals surface area (Å²) < 4.78 is 0. The number of rotatable bonds is 6. The molecule has 1 aliphatic carbocycles. The molecule has 1 heteroatoms. The largest absolute Gasteiger partial charge is 0.0996 e. The molecule has 2 rings (SSSR count). The van der Waals surface area contributed by atoms with Gasteiger partial charge in [0, 0.05) is 0 Å². The average Bonchev–Trinajstić information content (AvgIpc) is 2.42. The van der Waals surface area contributed by atoms with Crippen molar-refractivity contribution in [2.75, 3.05) is 0 Å². The van der Waals surface area contributed by atoms with Crippen molar-refractivity contribution in [2.24, 2.45) is 5.92 Å². The molecule has 1 aliphatic rings. The van der Waals surface area contributed by atoms with E-state index in [1.165, 1.54) is 61.7 Å². The fourth-order valence-corrected chi connectivity index (χ4v) is 3.95. The molecule has 0 spiro atoms. The zero-order chi connectivity index (χ0) is 12.6. The Kier molecular flexibility index (Phi) is 5.73. The Bertz CT molecular complexity index is 355. The molecule has 1 saturated carbocycles. The van der Waals surface area contributed by atoms with Crippen molar-refractivity contribution in [1.82, 2.24) is 0 Å². The molecular formula is C17H24Si. The Labute approximate surface area is 114 Å². The maximum atomic E-state index is 4.24. The summed E-state index contributed by atoms with van der Waals surface area (Å²) in [4.78, 5) is 0. The molecule has 18 heavy (non-hydrogen) atoms. The van der Waals surface area contributed by atoms with Crippen molar-refractivity contribution in [2.45, 2.75) is 51.0 Å². The van der Waals surface area contributed by atoms with Crippen molar-refractivity contribution in [3.05, 3.63) is 42.5 Å². The number of hydrogen-bond donors (Lipinski definition) is 0. The van der Waals surface area contributed by atoms with Crippen LogP contribution in [-0.2, 0) is 0 Å². The highest BCUT2D eigenvalue weighted by Crippen LogP contribution is 2.31. The van der Waals surface area contributed by atoms with E-state index in [0.29, 0.717) is 0 Å². The average molecular weight is 256 g/mol. The van der Waals surface area contributed by atoms with Crippen molar-refractivity contribution < 1.29 is 0 Å². The van der Waals surface area contributed by atoms with E-state index >= 15 is 0 Å². The highest BCUT2D eigenvalue weighted by molar-refractivity contribution is 6.53. The van der Waals surface area contributed by atoms with E-state index in [0.717, 1.165) is 15.4 Å². The fourth-order valence-electron chi connectivity index (χ4n) is 2.80. The van der Waals surface area contributed by atoms with Gasteiger partial charge in [0.15, 0.2) is 0 Å². The Balaban J connectivity index is 1.57. The van der Waals surface area contributed by atoms with Crippen molar-refractivity contribution >= 4 is 14.7 Å². The fraction of sp³-hybridized carbons (Fsp3) is 0.529. The van der Waals surface area contributed by atoms with Crippen molar-refractivity contribution in [3.8, 4) is 0 Å². The van der Waals surface area contributed by atoms with Gasteiger partial charge in [0.2, 0.25) is 0 Å². The lowest BCUT2D eigenvalue weighted by Gasteiger charge is -2.24. The molecule has 96 valence electrons. The zero-order valence-corrected chi connectivity index (χ0v) is 12.3. The molecule has 0 saturated heterocycles. The first-order valence-electron chi connectivity index (χ1n) is 7.33. The van der Waals surface area contributed by atoms with Gasteiger partial charge in [-0.05, 0) is 31.6 Å². The first kappa shape index (κ1) is 13.6. The van der Waals surface area contributed by atoms with Gasteiger partial charge in [0.1, 0.15) is 0 Å². The minimum Gasteiger partial charge on any atom is -0.0996 e. The lowest BCUT2D eigenvalue weighted by Crippen LogP contribution is -2.13. The van der Waals surface area contributed by atoms with Gasteiger partial charge in [-0.3, -0.25) is 0 Å². The maximum absolute atomic E-state index is 4.24. The van der Waals surface area contributed by atoms with Gasteiger partial charge in [-0.25, -0.2) is 0 Å². The van der Waals surface area contributed by atoms with E-state index < -0.39 is 0 Å². The van der Waals surface area contributed by atoms with Crippen LogP contribution in [0.25, 0.3) is 0 Å². The van der Waals surface area contributed by atoms with Crippen LogP contribution in [0.1, 0.15) is 44.9 Å². The normalized spacial score (nSPS) is 20.0. The molecule has 0 amide bonds. The molecule has 1 aromatic rings. The maximum Gasteiger partial charge on any atom is 0.0807 e. The van der Waals surface area contributed by atoms with Gasteiger partial charge in [0.05, 0.1) is 9.52 Å². The van der Waals surface area contributed by atoms with Gasteiger partial charge >= 0.3 is 0 Å². The summed E-state index contributed by atoms with van der Waals surface area (Å²) in [5.74, 6) is 0.846. The van der Waals surface area contributed by atoms with Gasteiger partial charge in [-0.2, -0.15) is 0 Å². The second-order valence-electron chi connectivity index (χ2n) is 5.39. The Morgan fingerprint density at radius 3 is 2.72 bits per heavy atom. The molecule has 1 atom stereocenters. The summed E-state index contributed by atoms with van der Waals surface area (Å²) in [5.41, 5.74) is 1.53. The number of benzene rings is 1. The summed E-state index contributed by atoms with van der Waals surface area (Å²) in [5, 5.41) is 1.51. The third kappa shape index (κ3) is 4.45. The Hall–Kier alpha value is -0.823. The Morgan fingerprint density at radius 1 is 1.11 bits per heavy atom. The van der Waals surface area contributed by atoms with Crippen molar-refractivity contribution in [1.29, 1.82) is 0 Å². The summed E-state index contributed by atoms with van der Waals surface area (Å²) in [6.45, 7) is 4.24.